The van der Waals surface area contributed by atoms with Crippen LogP contribution in [0.4, 0.5) is 0 Å². The molecule has 34 heavy (non-hydrogen) atoms. The first kappa shape index (κ1) is 30.4. The van der Waals surface area contributed by atoms with Crippen molar-refractivity contribution >= 4 is 17.8 Å². The summed E-state index contributed by atoms with van der Waals surface area (Å²) in [5, 5.41) is 15.1. The molecule has 1 saturated carbocycles. The predicted molar refractivity (Wildman–Crippen MR) is 139 cm³/mol. The van der Waals surface area contributed by atoms with E-state index in [0.29, 0.717) is 0 Å². The van der Waals surface area contributed by atoms with E-state index in [4.69, 9.17) is 5.11 Å². The zero-order valence-corrected chi connectivity index (χ0v) is 22.0. The third-order valence-electron chi connectivity index (χ3n) is 7.19. The summed E-state index contributed by atoms with van der Waals surface area (Å²) >= 11 is 0. The summed E-state index contributed by atoms with van der Waals surface area (Å²) in [5.41, 5.74) is 0. The van der Waals surface area contributed by atoms with Crippen LogP contribution in [0.15, 0.2) is 0 Å². The maximum atomic E-state index is 13.3. The number of carboxylic acid groups (broad SMARTS) is 1. The van der Waals surface area contributed by atoms with E-state index < -0.39 is 5.97 Å². The van der Waals surface area contributed by atoms with Gasteiger partial charge in [-0.15, -0.1) is 0 Å². The Hall–Kier alpha value is -1.59. The van der Waals surface area contributed by atoms with Crippen molar-refractivity contribution in [1.29, 1.82) is 0 Å². The lowest BCUT2D eigenvalue weighted by molar-refractivity contribution is -0.139. The molecule has 0 aromatic heterocycles. The Kier molecular flexibility index (Phi) is 17.6. The van der Waals surface area contributed by atoms with Gasteiger partial charge in [0, 0.05) is 24.4 Å². The van der Waals surface area contributed by atoms with Crippen molar-refractivity contribution in [3.05, 3.63) is 0 Å². The molecule has 1 aliphatic carbocycles. The van der Waals surface area contributed by atoms with Crippen molar-refractivity contribution in [3.8, 4) is 0 Å². The summed E-state index contributed by atoms with van der Waals surface area (Å²) in [4.78, 5) is 36.2. The molecule has 3 N–H and O–H groups in total. The fourth-order valence-corrected chi connectivity index (χ4v) is 5.03. The van der Waals surface area contributed by atoms with E-state index in [0.717, 1.165) is 51.4 Å². The van der Waals surface area contributed by atoms with Crippen LogP contribution in [-0.2, 0) is 14.4 Å². The van der Waals surface area contributed by atoms with E-state index in [-0.39, 0.29) is 42.7 Å². The van der Waals surface area contributed by atoms with Gasteiger partial charge in [-0.05, 0) is 25.7 Å². The van der Waals surface area contributed by atoms with Gasteiger partial charge in [0.15, 0.2) is 0 Å². The van der Waals surface area contributed by atoms with Crippen LogP contribution >= 0.6 is 0 Å². The maximum absolute atomic E-state index is 13.3. The van der Waals surface area contributed by atoms with Gasteiger partial charge in [-0.2, -0.15) is 0 Å². The zero-order chi connectivity index (χ0) is 25.0. The first-order chi connectivity index (χ1) is 16.5. The molecule has 0 saturated heterocycles. The molecule has 0 aromatic rings. The Morgan fingerprint density at radius 3 is 1.68 bits per heavy atom. The average Bonchev–Trinajstić information content (AvgIpc) is 2.81. The standard InChI is InChI=1S/C28H52N2O4/c1-3-5-7-9-10-12-14-18-23(17-13-11-8-6-4-2)28(34)30-25-20-16-15-19-24(25)29-26(31)21-22-27(32)33/h23-25H,3-22H2,1-2H3,(H,29,31)(H,30,34)(H,32,33)/t23?,24-,25-/m1/s1. The molecule has 6 nitrogen and oxygen atoms in total. The van der Waals surface area contributed by atoms with Crippen molar-refractivity contribution < 1.29 is 19.5 Å². The highest BCUT2D eigenvalue weighted by Gasteiger charge is 2.29. The summed E-state index contributed by atoms with van der Waals surface area (Å²) in [5.74, 6) is -0.986. The molecule has 0 radical (unpaired) electrons. The van der Waals surface area contributed by atoms with Crippen LogP contribution in [0.2, 0.25) is 0 Å². The van der Waals surface area contributed by atoms with E-state index in [9.17, 15) is 14.4 Å². The van der Waals surface area contributed by atoms with Gasteiger partial charge in [0.05, 0.1) is 6.42 Å². The topological polar surface area (TPSA) is 95.5 Å². The van der Waals surface area contributed by atoms with Crippen LogP contribution in [0.1, 0.15) is 142 Å². The number of nitrogens with one attached hydrogen (secondary N) is 2. The Morgan fingerprint density at radius 1 is 0.706 bits per heavy atom. The third-order valence-corrected chi connectivity index (χ3v) is 7.19. The summed E-state index contributed by atoms with van der Waals surface area (Å²) in [7, 11) is 0. The zero-order valence-electron chi connectivity index (χ0n) is 22.0. The molecule has 0 bridgehead atoms. The van der Waals surface area contributed by atoms with Crippen LogP contribution in [0.25, 0.3) is 0 Å². The molecular weight excluding hydrogens is 428 g/mol. The highest BCUT2D eigenvalue weighted by atomic mass is 16.4. The van der Waals surface area contributed by atoms with Gasteiger partial charge in [-0.3, -0.25) is 14.4 Å². The second-order valence-corrected chi connectivity index (χ2v) is 10.3. The Bertz CT molecular complexity index is 567. The average molecular weight is 481 g/mol. The van der Waals surface area contributed by atoms with Crippen molar-refractivity contribution in [2.75, 3.05) is 0 Å². The molecule has 1 unspecified atom stereocenters. The fourth-order valence-electron chi connectivity index (χ4n) is 5.03. The van der Waals surface area contributed by atoms with Gasteiger partial charge >= 0.3 is 5.97 Å². The molecular formula is C28H52N2O4. The molecule has 2 amide bonds. The van der Waals surface area contributed by atoms with Crippen molar-refractivity contribution in [2.45, 2.75) is 154 Å². The van der Waals surface area contributed by atoms with Gasteiger partial charge in [-0.25, -0.2) is 0 Å². The number of carbonyl (C=O) groups excluding carboxylic acids is 2. The molecule has 3 atom stereocenters. The van der Waals surface area contributed by atoms with Gasteiger partial charge < -0.3 is 15.7 Å². The molecule has 198 valence electrons. The Morgan fingerprint density at radius 2 is 1.18 bits per heavy atom. The fraction of sp³-hybridized carbons (Fsp3) is 0.893. The molecule has 0 spiro atoms. The summed E-state index contributed by atoms with van der Waals surface area (Å²) in [6, 6.07) is -0.144. The van der Waals surface area contributed by atoms with Gasteiger partial charge in [-0.1, -0.05) is 104 Å². The van der Waals surface area contributed by atoms with Crippen molar-refractivity contribution in [1.82, 2.24) is 10.6 Å². The Labute approximate surface area is 208 Å². The van der Waals surface area contributed by atoms with Crippen LogP contribution in [0, 0.1) is 5.92 Å². The molecule has 6 heteroatoms. The number of aliphatic carboxylic acids is 1. The van der Waals surface area contributed by atoms with Crippen molar-refractivity contribution in [2.24, 2.45) is 5.92 Å². The normalized spacial score (nSPS) is 18.9. The Balaban J connectivity index is 2.56. The van der Waals surface area contributed by atoms with E-state index >= 15 is 0 Å². The molecule has 1 aliphatic rings. The van der Waals surface area contributed by atoms with Crippen molar-refractivity contribution in [3.63, 3.8) is 0 Å². The van der Waals surface area contributed by atoms with Gasteiger partial charge in [0.1, 0.15) is 0 Å². The minimum absolute atomic E-state index is 0.00879. The summed E-state index contributed by atoms with van der Waals surface area (Å²) in [6.07, 6.45) is 20.3. The largest absolute Gasteiger partial charge is 0.481 e. The van der Waals surface area contributed by atoms with E-state index in [1.807, 2.05) is 0 Å². The maximum Gasteiger partial charge on any atom is 0.303 e. The van der Waals surface area contributed by atoms with Gasteiger partial charge in [0.2, 0.25) is 11.8 Å². The number of hydrogen-bond acceptors (Lipinski definition) is 3. The lowest BCUT2D eigenvalue weighted by atomic mass is 9.88. The minimum Gasteiger partial charge on any atom is -0.481 e. The third kappa shape index (κ3) is 14.6. The second kappa shape index (κ2) is 19.7. The number of rotatable bonds is 20. The molecule has 0 aromatic carbocycles. The predicted octanol–water partition coefficient (Wildman–Crippen LogP) is 6.51. The molecule has 1 rings (SSSR count). The summed E-state index contributed by atoms with van der Waals surface area (Å²) in [6.45, 7) is 4.46. The lowest BCUT2D eigenvalue weighted by Gasteiger charge is -2.34. The van der Waals surface area contributed by atoms with E-state index in [1.54, 1.807) is 0 Å². The molecule has 1 fully saturated rings. The summed E-state index contributed by atoms with van der Waals surface area (Å²) < 4.78 is 0. The highest BCUT2D eigenvalue weighted by Crippen LogP contribution is 2.23. The van der Waals surface area contributed by atoms with Crippen LogP contribution < -0.4 is 10.6 Å². The van der Waals surface area contributed by atoms with Gasteiger partial charge in [0.25, 0.3) is 0 Å². The second-order valence-electron chi connectivity index (χ2n) is 10.3. The number of hydrogen-bond donors (Lipinski definition) is 3. The number of carboxylic acids is 1. The molecule has 0 aliphatic heterocycles. The minimum atomic E-state index is -0.962. The van der Waals surface area contributed by atoms with Crippen LogP contribution in [0.5, 0.6) is 0 Å². The molecule has 0 heterocycles. The van der Waals surface area contributed by atoms with E-state index in [2.05, 4.69) is 24.5 Å². The first-order valence-corrected chi connectivity index (χ1v) is 14.3. The van der Waals surface area contributed by atoms with E-state index in [1.165, 1.54) is 64.2 Å². The first-order valence-electron chi connectivity index (χ1n) is 14.3. The monoisotopic (exact) mass is 480 g/mol. The van der Waals surface area contributed by atoms with Crippen LogP contribution in [0.3, 0.4) is 0 Å². The number of unbranched alkanes of at least 4 members (excludes halogenated alkanes) is 10. The SMILES string of the molecule is CCCCCCCCCC(CCCCCCC)C(=O)N[C@@H]1CCCC[C@H]1NC(=O)CCC(=O)O. The smallest absolute Gasteiger partial charge is 0.303 e. The van der Waals surface area contributed by atoms with Crippen LogP contribution in [-0.4, -0.2) is 35.0 Å². The number of carbonyl (C=O) groups is 3. The quantitative estimate of drug-likeness (QED) is 0.173. The lowest BCUT2D eigenvalue weighted by Crippen LogP contribution is -2.54. The number of amides is 2. The highest BCUT2D eigenvalue weighted by molar-refractivity contribution is 5.81.